The summed E-state index contributed by atoms with van der Waals surface area (Å²) >= 11 is 0. The van der Waals surface area contributed by atoms with Gasteiger partial charge in [0.2, 0.25) is 11.9 Å². The van der Waals surface area contributed by atoms with Crippen molar-refractivity contribution < 1.29 is 33.3 Å². The van der Waals surface area contributed by atoms with Crippen molar-refractivity contribution in [1.29, 1.82) is 0 Å². The summed E-state index contributed by atoms with van der Waals surface area (Å²) in [6.07, 6.45) is -4.35. The van der Waals surface area contributed by atoms with Gasteiger partial charge in [-0.25, -0.2) is 0 Å². The summed E-state index contributed by atoms with van der Waals surface area (Å²) in [6, 6.07) is 9.58. The number of hydrogen-bond acceptors (Lipinski definition) is 10. The number of aryl methyl sites for hydroxylation is 1. The third-order valence-electron chi connectivity index (χ3n) is 5.06. The number of fused-ring (bicyclic) bond motifs is 1. The van der Waals surface area contributed by atoms with Gasteiger partial charge in [-0.3, -0.25) is 14.4 Å². The van der Waals surface area contributed by atoms with Crippen LogP contribution in [-0.4, -0.2) is 67.7 Å². The van der Waals surface area contributed by atoms with Crippen LogP contribution in [0.25, 0.3) is 16.8 Å². The van der Waals surface area contributed by atoms with Crippen LogP contribution in [0.1, 0.15) is 32.7 Å². The van der Waals surface area contributed by atoms with Crippen molar-refractivity contribution in [1.82, 2.24) is 24.8 Å². The molecule has 4 unspecified atom stereocenters. The predicted molar refractivity (Wildman–Crippen MR) is 111 cm³/mol. The van der Waals surface area contributed by atoms with Gasteiger partial charge in [-0.05, 0) is 17.7 Å². The maximum absolute atomic E-state index is 11.9. The molecule has 0 radical (unpaired) electrons. The molecule has 3 aromatic rings. The third kappa shape index (κ3) is 4.42. The molecule has 0 aliphatic carbocycles. The van der Waals surface area contributed by atoms with E-state index in [4.69, 9.17) is 18.9 Å². The van der Waals surface area contributed by atoms with Crippen molar-refractivity contribution in [3.8, 4) is 11.1 Å². The van der Waals surface area contributed by atoms with Gasteiger partial charge < -0.3 is 18.9 Å². The quantitative estimate of drug-likeness (QED) is 0.406. The molecule has 4 atom stereocenters. The van der Waals surface area contributed by atoms with Crippen LogP contribution in [0.4, 0.5) is 0 Å². The fourth-order valence-corrected chi connectivity index (χ4v) is 3.88. The molecule has 0 saturated carbocycles. The Morgan fingerprint density at radius 2 is 1.61 bits per heavy atom. The van der Waals surface area contributed by atoms with Gasteiger partial charge in [-0.2, -0.15) is 5.10 Å². The number of benzene rings is 1. The molecule has 4 rings (SSSR count). The average molecular weight is 457 g/mol. The number of hydrogen-bond donors (Lipinski definition) is 0. The molecule has 3 heterocycles. The molecule has 1 aliphatic heterocycles. The molecular weight excluding hydrogens is 434 g/mol. The smallest absolute Gasteiger partial charge is 0.303 e. The number of ether oxygens (including phenoxy) is 4. The lowest BCUT2D eigenvalue weighted by molar-refractivity contribution is -0.244. The Kier molecular flexibility index (Phi) is 6.09. The van der Waals surface area contributed by atoms with E-state index in [1.54, 1.807) is 0 Å². The first-order valence-corrected chi connectivity index (χ1v) is 10.3. The highest BCUT2D eigenvalue weighted by atomic mass is 16.6. The normalized spacial score (nSPS) is 22.7. The second kappa shape index (κ2) is 8.98. The zero-order valence-electron chi connectivity index (χ0n) is 18.5. The first-order valence-electron chi connectivity index (χ1n) is 10.3. The van der Waals surface area contributed by atoms with Crippen LogP contribution in [0, 0.1) is 6.92 Å². The lowest BCUT2D eigenvalue weighted by Gasteiger charge is -2.39. The summed E-state index contributed by atoms with van der Waals surface area (Å²) < 4.78 is 23.4. The Balaban J connectivity index is 1.77. The highest BCUT2D eigenvalue weighted by molar-refractivity contribution is 5.79. The number of aromatic nitrogens is 5. The summed E-state index contributed by atoms with van der Waals surface area (Å²) in [7, 11) is 0. The Morgan fingerprint density at radius 1 is 0.970 bits per heavy atom. The fourth-order valence-electron chi connectivity index (χ4n) is 3.88. The Hall–Kier alpha value is -3.80. The largest absolute Gasteiger partial charge is 0.456 e. The van der Waals surface area contributed by atoms with E-state index in [-0.39, 0.29) is 6.61 Å². The molecule has 1 saturated heterocycles. The number of rotatable bonds is 5. The summed E-state index contributed by atoms with van der Waals surface area (Å²) in [5, 5.41) is 13.0. The molecule has 0 bridgehead atoms. The second-order valence-electron chi connectivity index (χ2n) is 7.57. The summed E-state index contributed by atoms with van der Waals surface area (Å²) in [6.45, 7) is 5.34. The van der Waals surface area contributed by atoms with Gasteiger partial charge in [0.1, 0.15) is 0 Å². The molecule has 0 spiro atoms. The van der Waals surface area contributed by atoms with Gasteiger partial charge in [-0.15, -0.1) is 14.5 Å². The van der Waals surface area contributed by atoms with Crippen LogP contribution in [0.5, 0.6) is 0 Å². The van der Waals surface area contributed by atoms with Gasteiger partial charge in [0.05, 0.1) is 17.9 Å². The molecule has 12 heteroatoms. The van der Waals surface area contributed by atoms with E-state index < -0.39 is 42.4 Å². The first kappa shape index (κ1) is 22.4. The van der Waals surface area contributed by atoms with Gasteiger partial charge in [-0.1, -0.05) is 30.3 Å². The van der Waals surface area contributed by atoms with Crippen LogP contribution in [0.3, 0.4) is 0 Å². The van der Waals surface area contributed by atoms with Crippen molar-refractivity contribution in [2.45, 2.75) is 52.2 Å². The maximum Gasteiger partial charge on any atom is 0.303 e. The Labute approximate surface area is 188 Å². The van der Waals surface area contributed by atoms with Crippen LogP contribution < -0.4 is 0 Å². The lowest BCUT2D eigenvalue weighted by atomic mass is 10.0. The van der Waals surface area contributed by atoms with Crippen molar-refractivity contribution in [2.75, 3.05) is 6.61 Å². The predicted octanol–water partition coefficient (Wildman–Crippen LogP) is 1.23. The van der Waals surface area contributed by atoms with E-state index in [1.165, 1.54) is 30.2 Å². The molecule has 12 nitrogen and oxygen atoms in total. The average Bonchev–Trinajstić information content (AvgIpc) is 3.28. The van der Waals surface area contributed by atoms with Crippen molar-refractivity contribution in [3.05, 3.63) is 36.0 Å². The van der Waals surface area contributed by atoms with E-state index in [2.05, 4.69) is 15.4 Å². The van der Waals surface area contributed by atoms with Crippen LogP contribution in [-0.2, 0) is 33.3 Å². The fraction of sp³-hybridized carbons (Fsp3) is 0.429. The molecule has 0 N–H and O–H groups in total. The van der Waals surface area contributed by atoms with E-state index in [1.807, 2.05) is 37.3 Å². The minimum atomic E-state index is -1.18. The molecule has 2 aromatic heterocycles. The van der Waals surface area contributed by atoms with E-state index in [0.29, 0.717) is 11.3 Å². The zero-order valence-corrected chi connectivity index (χ0v) is 18.5. The number of nitrogens with zero attached hydrogens (tertiary/aromatic N) is 5. The highest BCUT2D eigenvalue weighted by Gasteiger charge is 2.49. The third-order valence-corrected chi connectivity index (χ3v) is 5.06. The molecule has 33 heavy (non-hydrogen) atoms. The van der Waals surface area contributed by atoms with E-state index in [9.17, 15) is 14.4 Å². The first-order chi connectivity index (χ1) is 15.8. The number of carbonyl (C=O) groups excluding carboxylic acids is 3. The molecule has 174 valence electrons. The van der Waals surface area contributed by atoms with E-state index in [0.717, 1.165) is 11.1 Å². The van der Waals surface area contributed by atoms with Crippen molar-refractivity contribution >= 4 is 23.6 Å². The van der Waals surface area contributed by atoms with Crippen LogP contribution in [0.2, 0.25) is 0 Å². The summed E-state index contributed by atoms with van der Waals surface area (Å²) in [5.74, 6) is -1.88. The molecule has 1 aromatic carbocycles. The van der Waals surface area contributed by atoms with Crippen molar-refractivity contribution in [3.63, 3.8) is 0 Å². The second-order valence-corrected chi connectivity index (χ2v) is 7.57. The SMILES string of the molecule is CC(=O)OC1COC(n2nnc3c(-c4ccccc4)c(C)nn32)C(OC(C)=O)C1OC(C)=O. The molecule has 1 fully saturated rings. The Bertz CT molecular complexity index is 1190. The zero-order chi connectivity index (χ0) is 23.7. The molecule has 1 aliphatic rings. The minimum absolute atomic E-state index is 0.132. The lowest BCUT2D eigenvalue weighted by Crippen LogP contribution is -2.56. The topological polar surface area (TPSA) is 136 Å². The van der Waals surface area contributed by atoms with Crippen LogP contribution >= 0.6 is 0 Å². The van der Waals surface area contributed by atoms with Crippen molar-refractivity contribution in [2.24, 2.45) is 0 Å². The van der Waals surface area contributed by atoms with Gasteiger partial charge in [0, 0.05) is 20.8 Å². The highest BCUT2D eigenvalue weighted by Crippen LogP contribution is 2.32. The number of esters is 3. The van der Waals surface area contributed by atoms with Gasteiger partial charge in [0.15, 0.2) is 18.3 Å². The summed E-state index contributed by atoms with van der Waals surface area (Å²) in [4.78, 5) is 36.6. The van der Waals surface area contributed by atoms with Crippen LogP contribution in [0.15, 0.2) is 30.3 Å². The van der Waals surface area contributed by atoms with Gasteiger partial charge in [0.25, 0.3) is 0 Å². The molecule has 0 amide bonds. The standard InChI is InChI=1S/C21H23N5O7/c1-11-17(15-8-6-5-7-9-15)20-22-24-26(25(20)23-11)21-19(33-14(4)29)18(32-13(3)28)16(10-30-21)31-12(2)27/h5-9,16,18-19,21H,10H2,1-4H3. The minimum Gasteiger partial charge on any atom is -0.456 e. The molecular formula is C21H23N5O7. The number of tetrazole rings is 1. The van der Waals surface area contributed by atoms with E-state index >= 15 is 0 Å². The maximum atomic E-state index is 11.9. The Morgan fingerprint density at radius 3 is 2.24 bits per heavy atom. The summed E-state index contributed by atoms with van der Waals surface area (Å²) in [5.41, 5.74) is 2.87. The number of carbonyl (C=O) groups is 3. The monoisotopic (exact) mass is 457 g/mol. The van der Waals surface area contributed by atoms with Gasteiger partial charge >= 0.3 is 17.9 Å².